The van der Waals surface area contributed by atoms with Crippen molar-refractivity contribution in [2.75, 3.05) is 36.4 Å². The first-order valence-electron chi connectivity index (χ1n) is 11.0. The van der Waals surface area contributed by atoms with E-state index in [0.29, 0.717) is 6.04 Å². The summed E-state index contributed by atoms with van der Waals surface area (Å²) in [5, 5.41) is 13.5. The Morgan fingerprint density at radius 2 is 1.78 bits per heavy atom. The molecule has 27 heavy (non-hydrogen) atoms. The maximum Gasteiger partial charge on any atom is 0.224 e. The second kappa shape index (κ2) is 9.20. The Morgan fingerprint density at radius 1 is 0.926 bits per heavy atom. The Bertz CT molecular complexity index is 592. The van der Waals surface area contributed by atoms with Crippen molar-refractivity contribution in [2.24, 2.45) is 0 Å². The van der Waals surface area contributed by atoms with Crippen LogP contribution in [0.25, 0.3) is 0 Å². The maximum absolute atomic E-state index is 9.88. The van der Waals surface area contributed by atoms with Crippen molar-refractivity contribution in [3.8, 4) is 0 Å². The normalized spacial score (nSPS) is 28.7. The lowest BCUT2D eigenvalue weighted by molar-refractivity contribution is 0.124. The van der Waals surface area contributed by atoms with Crippen LogP contribution in [-0.2, 0) is 0 Å². The summed E-state index contributed by atoms with van der Waals surface area (Å²) in [5.74, 6) is 1.74. The van der Waals surface area contributed by atoms with Gasteiger partial charge in [-0.3, -0.25) is 4.90 Å². The standard InChI is InChI=1S/C21H35N5O/c27-19-9-5-13-25(15-11-19)20-10-12-22-21(24-20)23-17-6-4-14-26(16-17)18-7-2-1-3-8-18/h10,12,17-19,27H,1-9,11,13-16H2,(H,22,23,24). The summed E-state index contributed by atoms with van der Waals surface area (Å²) in [7, 11) is 0. The van der Waals surface area contributed by atoms with E-state index in [2.05, 4.69) is 20.1 Å². The number of aliphatic hydroxyl groups is 1. The largest absolute Gasteiger partial charge is 0.393 e. The van der Waals surface area contributed by atoms with Gasteiger partial charge in [0, 0.05) is 37.9 Å². The molecule has 1 saturated carbocycles. The van der Waals surface area contributed by atoms with Crippen molar-refractivity contribution in [1.29, 1.82) is 0 Å². The average Bonchev–Trinajstić information content (AvgIpc) is 2.94. The van der Waals surface area contributed by atoms with E-state index < -0.39 is 0 Å². The molecule has 3 aliphatic rings. The zero-order chi connectivity index (χ0) is 18.5. The molecule has 2 unspecified atom stereocenters. The molecule has 1 aromatic heterocycles. The summed E-state index contributed by atoms with van der Waals surface area (Å²) in [6.07, 6.45) is 13.9. The molecule has 2 aliphatic heterocycles. The maximum atomic E-state index is 9.88. The Labute approximate surface area is 163 Å². The SMILES string of the molecule is OC1CCCN(c2ccnc(NC3CCCN(C4CCCCC4)C3)n2)CC1. The van der Waals surface area contributed by atoms with E-state index in [1.807, 2.05) is 12.3 Å². The van der Waals surface area contributed by atoms with Gasteiger partial charge in [0.1, 0.15) is 5.82 Å². The highest BCUT2D eigenvalue weighted by Gasteiger charge is 2.27. The van der Waals surface area contributed by atoms with Crippen LogP contribution in [0.1, 0.15) is 64.2 Å². The van der Waals surface area contributed by atoms with Gasteiger partial charge in [-0.1, -0.05) is 19.3 Å². The fourth-order valence-corrected chi connectivity index (χ4v) is 4.99. The predicted octanol–water partition coefficient (Wildman–Crippen LogP) is 3.04. The van der Waals surface area contributed by atoms with Crippen LogP contribution in [0.2, 0.25) is 0 Å². The molecular weight excluding hydrogens is 338 g/mol. The van der Waals surface area contributed by atoms with Crippen LogP contribution in [0.5, 0.6) is 0 Å². The Morgan fingerprint density at radius 3 is 2.67 bits per heavy atom. The predicted molar refractivity (Wildman–Crippen MR) is 109 cm³/mol. The number of aliphatic hydroxyl groups excluding tert-OH is 1. The summed E-state index contributed by atoms with van der Waals surface area (Å²) in [5.41, 5.74) is 0. The summed E-state index contributed by atoms with van der Waals surface area (Å²) < 4.78 is 0. The summed E-state index contributed by atoms with van der Waals surface area (Å²) in [6, 6.07) is 3.24. The van der Waals surface area contributed by atoms with Crippen LogP contribution < -0.4 is 10.2 Å². The van der Waals surface area contributed by atoms with Gasteiger partial charge in [0.2, 0.25) is 5.95 Å². The number of aromatic nitrogens is 2. The third-order valence-electron chi connectivity index (χ3n) is 6.54. The lowest BCUT2D eigenvalue weighted by Gasteiger charge is -2.40. The van der Waals surface area contributed by atoms with Crippen molar-refractivity contribution in [1.82, 2.24) is 14.9 Å². The van der Waals surface area contributed by atoms with E-state index in [9.17, 15) is 5.11 Å². The molecule has 0 amide bonds. The molecule has 4 rings (SSSR count). The molecule has 6 nitrogen and oxygen atoms in total. The minimum Gasteiger partial charge on any atom is -0.393 e. The molecule has 1 aliphatic carbocycles. The minimum absolute atomic E-state index is 0.164. The first-order valence-corrected chi connectivity index (χ1v) is 11.0. The molecule has 0 aromatic carbocycles. The van der Waals surface area contributed by atoms with Crippen LogP contribution in [0.15, 0.2) is 12.3 Å². The van der Waals surface area contributed by atoms with E-state index in [0.717, 1.165) is 56.7 Å². The van der Waals surface area contributed by atoms with Gasteiger partial charge in [0.05, 0.1) is 6.10 Å². The van der Waals surface area contributed by atoms with Crippen LogP contribution >= 0.6 is 0 Å². The highest BCUT2D eigenvalue weighted by atomic mass is 16.3. The molecule has 3 heterocycles. The number of nitrogens with zero attached hydrogens (tertiary/aromatic N) is 4. The smallest absolute Gasteiger partial charge is 0.224 e. The van der Waals surface area contributed by atoms with Gasteiger partial charge < -0.3 is 15.3 Å². The lowest BCUT2D eigenvalue weighted by Crippen LogP contribution is -2.47. The van der Waals surface area contributed by atoms with Crippen LogP contribution in [-0.4, -0.2) is 64.3 Å². The Balaban J connectivity index is 1.36. The molecule has 6 heteroatoms. The molecule has 150 valence electrons. The highest BCUT2D eigenvalue weighted by Crippen LogP contribution is 2.26. The van der Waals surface area contributed by atoms with E-state index in [1.165, 1.54) is 51.5 Å². The van der Waals surface area contributed by atoms with Gasteiger partial charge in [0.25, 0.3) is 0 Å². The van der Waals surface area contributed by atoms with Gasteiger partial charge in [0.15, 0.2) is 0 Å². The number of likely N-dealkylation sites (tertiary alicyclic amines) is 1. The van der Waals surface area contributed by atoms with Gasteiger partial charge in [-0.25, -0.2) is 4.98 Å². The van der Waals surface area contributed by atoms with Crippen molar-refractivity contribution >= 4 is 11.8 Å². The number of anilines is 2. The zero-order valence-corrected chi connectivity index (χ0v) is 16.5. The quantitative estimate of drug-likeness (QED) is 0.846. The summed E-state index contributed by atoms with van der Waals surface area (Å²) >= 11 is 0. The number of rotatable bonds is 4. The van der Waals surface area contributed by atoms with Gasteiger partial charge in [-0.05, 0) is 57.6 Å². The first-order chi connectivity index (χ1) is 13.3. The molecule has 0 bridgehead atoms. The Kier molecular flexibility index (Phi) is 6.45. The number of hydrogen-bond donors (Lipinski definition) is 2. The van der Waals surface area contributed by atoms with Gasteiger partial charge in [-0.2, -0.15) is 4.98 Å². The van der Waals surface area contributed by atoms with E-state index >= 15 is 0 Å². The zero-order valence-electron chi connectivity index (χ0n) is 16.5. The van der Waals surface area contributed by atoms with Crippen LogP contribution in [0.4, 0.5) is 11.8 Å². The van der Waals surface area contributed by atoms with E-state index in [-0.39, 0.29) is 6.10 Å². The third kappa shape index (κ3) is 5.11. The molecule has 2 N–H and O–H groups in total. The summed E-state index contributed by atoms with van der Waals surface area (Å²) in [4.78, 5) is 14.3. The van der Waals surface area contributed by atoms with Gasteiger partial charge in [-0.15, -0.1) is 0 Å². The molecule has 0 spiro atoms. The van der Waals surface area contributed by atoms with Crippen molar-refractivity contribution < 1.29 is 5.11 Å². The second-order valence-electron chi connectivity index (χ2n) is 8.58. The number of piperidine rings is 1. The lowest BCUT2D eigenvalue weighted by atomic mass is 9.92. The second-order valence-corrected chi connectivity index (χ2v) is 8.58. The highest BCUT2D eigenvalue weighted by molar-refractivity contribution is 5.43. The monoisotopic (exact) mass is 373 g/mol. The molecule has 1 aromatic rings. The topological polar surface area (TPSA) is 64.5 Å². The Hall–Kier alpha value is -1.40. The summed E-state index contributed by atoms with van der Waals surface area (Å²) in [6.45, 7) is 4.21. The molecule has 0 radical (unpaired) electrons. The minimum atomic E-state index is -0.164. The van der Waals surface area contributed by atoms with Gasteiger partial charge >= 0.3 is 0 Å². The average molecular weight is 374 g/mol. The molecular formula is C21H35N5O. The molecule has 2 saturated heterocycles. The van der Waals surface area contributed by atoms with Crippen molar-refractivity contribution in [2.45, 2.75) is 82.4 Å². The number of nitrogens with one attached hydrogen (secondary N) is 1. The van der Waals surface area contributed by atoms with E-state index in [1.54, 1.807) is 0 Å². The molecule has 3 fully saturated rings. The van der Waals surface area contributed by atoms with Crippen LogP contribution in [0.3, 0.4) is 0 Å². The van der Waals surface area contributed by atoms with Crippen LogP contribution in [0, 0.1) is 0 Å². The van der Waals surface area contributed by atoms with Crippen molar-refractivity contribution in [3.63, 3.8) is 0 Å². The van der Waals surface area contributed by atoms with Crippen molar-refractivity contribution in [3.05, 3.63) is 12.3 Å². The first kappa shape index (κ1) is 18.9. The third-order valence-corrected chi connectivity index (χ3v) is 6.54. The molecule has 2 atom stereocenters. The number of hydrogen-bond acceptors (Lipinski definition) is 6. The van der Waals surface area contributed by atoms with E-state index in [4.69, 9.17) is 4.98 Å². The fraction of sp³-hybridized carbons (Fsp3) is 0.810. The fourth-order valence-electron chi connectivity index (χ4n) is 4.99.